The molecule has 88 valence electrons. The standard InChI is InChI=1S/C14H17N3/c1-2-5-11(6-3-1)13-10-16-17-14(13)12-7-4-8-15-9-12/h1-3,5-6,10,12,15H,4,7-9H2,(H,16,17)/t12-/m0/s1. The summed E-state index contributed by atoms with van der Waals surface area (Å²) < 4.78 is 0. The molecule has 0 bridgehead atoms. The van der Waals surface area contributed by atoms with E-state index in [1.54, 1.807) is 0 Å². The van der Waals surface area contributed by atoms with E-state index < -0.39 is 0 Å². The maximum atomic E-state index is 4.22. The van der Waals surface area contributed by atoms with Crippen molar-refractivity contribution in [3.05, 3.63) is 42.2 Å². The second kappa shape index (κ2) is 4.72. The third-order valence-electron chi connectivity index (χ3n) is 3.46. The van der Waals surface area contributed by atoms with Gasteiger partial charge < -0.3 is 5.32 Å². The van der Waals surface area contributed by atoms with Crippen LogP contribution in [0.2, 0.25) is 0 Å². The van der Waals surface area contributed by atoms with Gasteiger partial charge >= 0.3 is 0 Å². The van der Waals surface area contributed by atoms with Crippen LogP contribution < -0.4 is 5.32 Å². The van der Waals surface area contributed by atoms with E-state index in [4.69, 9.17) is 0 Å². The molecule has 0 saturated carbocycles. The fourth-order valence-electron chi connectivity index (χ4n) is 2.55. The molecule has 3 nitrogen and oxygen atoms in total. The summed E-state index contributed by atoms with van der Waals surface area (Å²) in [5.41, 5.74) is 3.78. The number of aromatic nitrogens is 2. The molecule has 3 heteroatoms. The predicted octanol–water partition coefficient (Wildman–Crippen LogP) is 2.54. The Balaban J connectivity index is 1.93. The maximum Gasteiger partial charge on any atom is 0.0568 e. The van der Waals surface area contributed by atoms with Crippen molar-refractivity contribution in [3.63, 3.8) is 0 Å². The Morgan fingerprint density at radius 2 is 2.06 bits per heavy atom. The van der Waals surface area contributed by atoms with E-state index in [0.29, 0.717) is 5.92 Å². The Labute approximate surface area is 101 Å². The van der Waals surface area contributed by atoms with Crippen molar-refractivity contribution in [1.82, 2.24) is 15.5 Å². The van der Waals surface area contributed by atoms with Crippen LogP contribution in [0.1, 0.15) is 24.5 Å². The fraction of sp³-hybridized carbons (Fsp3) is 0.357. The molecule has 0 spiro atoms. The minimum absolute atomic E-state index is 0.571. The van der Waals surface area contributed by atoms with Crippen molar-refractivity contribution < 1.29 is 0 Å². The van der Waals surface area contributed by atoms with Gasteiger partial charge in [-0.3, -0.25) is 5.10 Å². The van der Waals surface area contributed by atoms with Crippen molar-refractivity contribution in [2.75, 3.05) is 13.1 Å². The van der Waals surface area contributed by atoms with Gasteiger partial charge in [0.1, 0.15) is 0 Å². The molecule has 2 N–H and O–H groups in total. The number of hydrogen-bond acceptors (Lipinski definition) is 2. The van der Waals surface area contributed by atoms with Crippen LogP contribution >= 0.6 is 0 Å². The van der Waals surface area contributed by atoms with Crippen molar-refractivity contribution >= 4 is 0 Å². The van der Waals surface area contributed by atoms with Crippen LogP contribution in [0.3, 0.4) is 0 Å². The first-order chi connectivity index (χ1) is 8.45. The Bertz CT molecular complexity index is 469. The van der Waals surface area contributed by atoms with Gasteiger partial charge in [0.15, 0.2) is 0 Å². The summed E-state index contributed by atoms with van der Waals surface area (Å²) >= 11 is 0. The predicted molar refractivity (Wildman–Crippen MR) is 68.9 cm³/mol. The van der Waals surface area contributed by atoms with Crippen LogP contribution in [0.25, 0.3) is 11.1 Å². The van der Waals surface area contributed by atoms with E-state index in [1.807, 2.05) is 12.3 Å². The number of H-pyrrole nitrogens is 1. The van der Waals surface area contributed by atoms with Gasteiger partial charge in [-0.05, 0) is 24.9 Å². The van der Waals surface area contributed by atoms with Gasteiger partial charge in [0.2, 0.25) is 0 Å². The van der Waals surface area contributed by atoms with Crippen LogP contribution in [-0.4, -0.2) is 23.3 Å². The lowest BCUT2D eigenvalue weighted by molar-refractivity contribution is 0.455. The lowest BCUT2D eigenvalue weighted by Gasteiger charge is -2.22. The summed E-state index contributed by atoms with van der Waals surface area (Å²) in [6, 6.07) is 10.5. The van der Waals surface area contributed by atoms with Gasteiger partial charge in [-0.2, -0.15) is 5.10 Å². The summed E-state index contributed by atoms with van der Waals surface area (Å²) in [5.74, 6) is 0.571. The highest BCUT2D eigenvalue weighted by Gasteiger charge is 2.20. The SMILES string of the molecule is c1ccc(-c2cn[nH]c2[C@H]2CCCNC2)cc1. The molecule has 3 rings (SSSR count). The first-order valence-corrected chi connectivity index (χ1v) is 6.24. The highest BCUT2D eigenvalue weighted by molar-refractivity contribution is 5.65. The zero-order chi connectivity index (χ0) is 11.5. The number of hydrogen-bond donors (Lipinski definition) is 2. The normalized spacial score (nSPS) is 20.4. The van der Waals surface area contributed by atoms with Gasteiger partial charge in [0, 0.05) is 23.7 Å². The average Bonchev–Trinajstić information content (AvgIpc) is 2.90. The zero-order valence-electron chi connectivity index (χ0n) is 9.82. The van der Waals surface area contributed by atoms with Crippen LogP contribution in [0, 0.1) is 0 Å². The third-order valence-corrected chi connectivity index (χ3v) is 3.46. The summed E-state index contributed by atoms with van der Waals surface area (Å²) in [6.45, 7) is 2.20. The van der Waals surface area contributed by atoms with Crippen LogP contribution in [-0.2, 0) is 0 Å². The molecule has 1 saturated heterocycles. The first-order valence-electron chi connectivity index (χ1n) is 6.24. The van der Waals surface area contributed by atoms with Gasteiger partial charge in [-0.25, -0.2) is 0 Å². The van der Waals surface area contributed by atoms with Gasteiger partial charge in [-0.15, -0.1) is 0 Å². The van der Waals surface area contributed by atoms with Crippen LogP contribution in [0.15, 0.2) is 36.5 Å². The fourth-order valence-corrected chi connectivity index (χ4v) is 2.55. The highest BCUT2D eigenvalue weighted by atomic mass is 15.1. The molecule has 1 aliphatic heterocycles. The topological polar surface area (TPSA) is 40.7 Å². The molecule has 0 unspecified atom stereocenters. The van der Waals surface area contributed by atoms with E-state index in [2.05, 4.69) is 39.8 Å². The second-order valence-corrected chi connectivity index (χ2v) is 4.61. The molecular formula is C14H17N3. The Morgan fingerprint density at radius 1 is 1.18 bits per heavy atom. The van der Waals surface area contributed by atoms with Crippen molar-refractivity contribution in [1.29, 1.82) is 0 Å². The molecule has 1 aromatic heterocycles. The Hall–Kier alpha value is -1.61. The van der Waals surface area contributed by atoms with Crippen LogP contribution in [0.4, 0.5) is 0 Å². The van der Waals surface area contributed by atoms with E-state index in [-0.39, 0.29) is 0 Å². The number of benzene rings is 1. The molecule has 1 fully saturated rings. The summed E-state index contributed by atoms with van der Waals surface area (Å²) in [7, 11) is 0. The molecule has 1 atom stereocenters. The Morgan fingerprint density at radius 3 is 2.82 bits per heavy atom. The molecule has 0 aliphatic carbocycles. The minimum Gasteiger partial charge on any atom is -0.316 e. The van der Waals surface area contributed by atoms with E-state index >= 15 is 0 Å². The van der Waals surface area contributed by atoms with Crippen molar-refractivity contribution in [2.45, 2.75) is 18.8 Å². The lowest BCUT2D eigenvalue weighted by Crippen LogP contribution is -2.28. The van der Waals surface area contributed by atoms with Crippen molar-refractivity contribution in [3.8, 4) is 11.1 Å². The molecule has 1 aromatic carbocycles. The molecule has 2 heterocycles. The summed E-state index contributed by atoms with van der Waals surface area (Å²) in [5, 5.41) is 10.9. The minimum atomic E-state index is 0.571. The van der Waals surface area contributed by atoms with Crippen molar-refractivity contribution in [2.24, 2.45) is 0 Å². The number of aromatic amines is 1. The quantitative estimate of drug-likeness (QED) is 0.827. The highest BCUT2D eigenvalue weighted by Crippen LogP contribution is 2.30. The number of nitrogens with one attached hydrogen (secondary N) is 2. The van der Waals surface area contributed by atoms with E-state index in [1.165, 1.54) is 29.7 Å². The molecule has 17 heavy (non-hydrogen) atoms. The summed E-state index contributed by atoms with van der Waals surface area (Å²) in [6.07, 6.45) is 4.44. The maximum absolute atomic E-state index is 4.22. The molecule has 2 aromatic rings. The second-order valence-electron chi connectivity index (χ2n) is 4.61. The Kier molecular flexibility index (Phi) is 2.92. The van der Waals surface area contributed by atoms with Gasteiger partial charge in [-0.1, -0.05) is 30.3 Å². The monoisotopic (exact) mass is 227 g/mol. The number of nitrogens with zero attached hydrogens (tertiary/aromatic N) is 1. The third kappa shape index (κ3) is 2.11. The average molecular weight is 227 g/mol. The smallest absolute Gasteiger partial charge is 0.0568 e. The molecular weight excluding hydrogens is 210 g/mol. The summed E-state index contributed by atoms with van der Waals surface area (Å²) in [4.78, 5) is 0. The number of rotatable bonds is 2. The zero-order valence-corrected chi connectivity index (χ0v) is 9.82. The van der Waals surface area contributed by atoms with E-state index in [9.17, 15) is 0 Å². The number of piperidine rings is 1. The van der Waals surface area contributed by atoms with Gasteiger partial charge in [0.05, 0.1) is 6.20 Å². The molecule has 0 amide bonds. The largest absolute Gasteiger partial charge is 0.316 e. The molecule has 1 aliphatic rings. The van der Waals surface area contributed by atoms with Gasteiger partial charge in [0.25, 0.3) is 0 Å². The lowest BCUT2D eigenvalue weighted by atomic mass is 9.91. The molecule has 0 radical (unpaired) electrons. The van der Waals surface area contributed by atoms with E-state index in [0.717, 1.165) is 13.1 Å². The first kappa shape index (κ1) is 10.5. The van der Waals surface area contributed by atoms with Crippen LogP contribution in [0.5, 0.6) is 0 Å².